The Labute approximate surface area is 305 Å². The minimum atomic E-state index is 0.535. The van der Waals surface area contributed by atoms with Crippen molar-refractivity contribution in [3.05, 3.63) is 169 Å². The molecule has 0 aliphatic heterocycles. The van der Waals surface area contributed by atoms with Crippen LogP contribution in [-0.2, 0) is 0 Å². The summed E-state index contributed by atoms with van der Waals surface area (Å²) in [6.45, 7) is 2.01. The molecule has 7 aromatic carbocycles. The van der Waals surface area contributed by atoms with E-state index >= 15 is 0 Å². The lowest BCUT2D eigenvalue weighted by molar-refractivity contribution is 0.669. The van der Waals surface area contributed by atoms with Crippen LogP contribution in [0, 0.1) is 0 Å². The van der Waals surface area contributed by atoms with Gasteiger partial charge in [-0.3, -0.25) is 0 Å². The van der Waals surface area contributed by atoms with Crippen LogP contribution in [0.5, 0.6) is 0 Å². The fourth-order valence-corrected chi connectivity index (χ4v) is 7.43. The van der Waals surface area contributed by atoms with Gasteiger partial charge in [0.15, 0.2) is 17.5 Å². The van der Waals surface area contributed by atoms with Crippen molar-refractivity contribution >= 4 is 60.7 Å². The average Bonchev–Trinajstić information content (AvgIpc) is 3.79. The summed E-state index contributed by atoms with van der Waals surface area (Å²) in [7, 11) is 0. The van der Waals surface area contributed by atoms with Crippen LogP contribution in [0.1, 0.15) is 12.5 Å². The molecule has 0 aliphatic carbocycles. The molecule has 250 valence electrons. The number of rotatable bonds is 6. The lowest BCUT2D eigenvalue weighted by Gasteiger charge is -2.14. The molecule has 0 N–H and O–H groups in total. The summed E-state index contributed by atoms with van der Waals surface area (Å²) < 4.78 is 12.8. The molecule has 0 aliphatic rings. The van der Waals surface area contributed by atoms with Crippen molar-refractivity contribution in [1.29, 1.82) is 0 Å². The van der Waals surface area contributed by atoms with Crippen LogP contribution in [0.25, 0.3) is 106 Å². The summed E-state index contributed by atoms with van der Waals surface area (Å²) in [4.78, 5) is 15.8. The molecule has 0 bridgehead atoms. The Bertz CT molecular complexity index is 3090. The Kier molecular flexibility index (Phi) is 7.29. The smallest absolute Gasteiger partial charge is 0.167 e. The van der Waals surface area contributed by atoms with E-state index in [1.54, 1.807) is 0 Å². The standard InChI is InChI=1S/C48H31N3O2/c1-2-3-4-17-32-28-30-15-5-6-16-31(30)29-40(32)48-50-46(49-47(51-48)39-24-13-23-36-34-19-9-11-25-41(34)53-45(36)39)37-20-8-7-18-33(37)35-22-14-27-43-44(35)38-21-10-12-26-42(38)52-43/h2-29H,1H3/b3-2-,17-4-. The molecule has 0 fully saturated rings. The van der Waals surface area contributed by atoms with Crippen LogP contribution in [0.3, 0.4) is 0 Å². The number of aromatic nitrogens is 3. The predicted octanol–water partition coefficient (Wildman–Crippen LogP) is 13.1. The first-order chi connectivity index (χ1) is 26.2. The van der Waals surface area contributed by atoms with Gasteiger partial charge in [-0.25, -0.2) is 15.0 Å². The fourth-order valence-electron chi connectivity index (χ4n) is 7.43. The molecule has 3 heterocycles. The Morgan fingerprint density at radius 3 is 1.81 bits per heavy atom. The number of furan rings is 2. The molecule has 5 heteroatoms. The second kappa shape index (κ2) is 12.6. The third-order valence-electron chi connectivity index (χ3n) is 9.88. The molecule has 0 amide bonds. The van der Waals surface area contributed by atoms with Gasteiger partial charge in [0.05, 0.1) is 5.56 Å². The summed E-state index contributed by atoms with van der Waals surface area (Å²) in [5, 5.41) is 6.44. The van der Waals surface area contributed by atoms with Crippen LogP contribution in [0.2, 0.25) is 0 Å². The first-order valence-electron chi connectivity index (χ1n) is 17.7. The van der Waals surface area contributed by atoms with E-state index in [0.29, 0.717) is 17.5 Å². The van der Waals surface area contributed by atoms with Crippen molar-refractivity contribution in [2.24, 2.45) is 0 Å². The highest BCUT2D eigenvalue weighted by Gasteiger charge is 2.21. The zero-order valence-corrected chi connectivity index (χ0v) is 28.8. The van der Waals surface area contributed by atoms with E-state index in [4.69, 9.17) is 23.8 Å². The van der Waals surface area contributed by atoms with Gasteiger partial charge in [0.25, 0.3) is 0 Å². The number of allylic oxidation sites excluding steroid dienone is 3. The molecule has 5 nitrogen and oxygen atoms in total. The van der Waals surface area contributed by atoms with Gasteiger partial charge >= 0.3 is 0 Å². The minimum Gasteiger partial charge on any atom is -0.456 e. The topological polar surface area (TPSA) is 65.0 Å². The second-order valence-electron chi connectivity index (χ2n) is 13.1. The largest absolute Gasteiger partial charge is 0.456 e. The van der Waals surface area contributed by atoms with E-state index in [1.807, 2.05) is 79.7 Å². The van der Waals surface area contributed by atoms with Crippen molar-refractivity contribution in [1.82, 2.24) is 15.0 Å². The molecule has 0 spiro atoms. The zero-order valence-electron chi connectivity index (χ0n) is 28.8. The highest BCUT2D eigenvalue weighted by molar-refractivity contribution is 6.13. The normalized spacial score (nSPS) is 12.1. The third-order valence-corrected chi connectivity index (χ3v) is 9.88. The van der Waals surface area contributed by atoms with Gasteiger partial charge in [0.1, 0.15) is 22.3 Å². The van der Waals surface area contributed by atoms with E-state index in [2.05, 4.69) is 97.1 Å². The average molecular weight is 682 g/mol. The summed E-state index contributed by atoms with van der Waals surface area (Å²) in [5.41, 5.74) is 8.91. The van der Waals surface area contributed by atoms with E-state index < -0.39 is 0 Å². The second-order valence-corrected chi connectivity index (χ2v) is 13.1. The van der Waals surface area contributed by atoms with E-state index in [9.17, 15) is 0 Å². The summed E-state index contributed by atoms with van der Waals surface area (Å²) in [6.07, 6.45) is 8.22. The first kappa shape index (κ1) is 30.7. The Morgan fingerprint density at radius 1 is 0.434 bits per heavy atom. The summed E-state index contributed by atoms with van der Waals surface area (Å²) in [5.74, 6) is 1.67. The maximum Gasteiger partial charge on any atom is 0.167 e. The number of benzene rings is 7. The lowest BCUT2D eigenvalue weighted by atomic mass is 9.95. The Morgan fingerprint density at radius 2 is 1.00 bits per heavy atom. The van der Waals surface area contributed by atoms with Gasteiger partial charge in [-0.15, -0.1) is 0 Å². The maximum absolute atomic E-state index is 6.52. The number of para-hydroxylation sites is 3. The van der Waals surface area contributed by atoms with Gasteiger partial charge in [-0.2, -0.15) is 0 Å². The SMILES string of the molecule is C/C=C\C=C/c1cc2ccccc2cc1-c1nc(-c2ccccc2-c2cccc3oc4ccccc4c23)nc(-c2cccc3c2oc2ccccc23)n1. The summed E-state index contributed by atoms with van der Waals surface area (Å²) in [6, 6.07) is 49.8. The molecule has 0 unspecified atom stereocenters. The highest BCUT2D eigenvalue weighted by atomic mass is 16.3. The Hall–Kier alpha value is -7.11. The number of hydrogen-bond donors (Lipinski definition) is 0. The van der Waals surface area contributed by atoms with Crippen LogP contribution in [0.4, 0.5) is 0 Å². The molecular weight excluding hydrogens is 651 g/mol. The van der Waals surface area contributed by atoms with Gasteiger partial charge in [-0.05, 0) is 70.8 Å². The van der Waals surface area contributed by atoms with Crippen molar-refractivity contribution in [3.63, 3.8) is 0 Å². The van der Waals surface area contributed by atoms with Crippen molar-refractivity contribution < 1.29 is 8.83 Å². The lowest BCUT2D eigenvalue weighted by Crippen LogP contribution is -2.02. The number of hydrogen-bond acceptors (Lipinski definition) is 5. The monoisotopic (exact) mass is 681 g/mol. The van der Waals surface area contributed by atoms with Gasteiger partial charge in [0, 0.05) is 32.7 Å². The molecule has 0 saturated heterocycles. The first-order valence-corrected chi connectivity index (χ1v) is 17.7. The molecule has 3 aromatic heterocycles. The van der Waals surface area contributed by atoms with Crippen LogP contribution >= 0.6 is 0 Å². The van der Waals surface area contributed by atoms with Crippen LogP contribution in [0.15, 0.2) is 173 Å². The van der Waals surface area contributed by atoms with Crippen LogP contribution < -0.4 is 0 Å². The van der Waals surface area contributed by atoms with E-state index in [1.165, 1.54) is 0 Å². The van der Waals surface area contributed by atoms with Crippen molar-refractivity contribution in [3.8, 4) is 45.3 Å². The van der Waals surface area contributed by atoms with Gasteiger partial charge in [0.2, 0.25) is 0 Å². The number of nitrogens with zero attached hydrogens (tertiary/aromatic N) is 3. The minimum absolute atomic E-state index is 0.535. The zero-order chi connectivity index (χ0) is 35.3. The third kappa shape index (κ3) is 5.21. The van der Waals surface area contributed by atoms with E-state index in [0.717, 1.165) is 88.0 Å². The maximum atomic E-state index is 6.52. The molecule has 0 saturated carbocycles. The van der Waals surface area contributed by atoms with Gasteiger partial charge in [-0.1, -0.05) is 133 Å². The molecule has 53 heavy (non-hydrogen) atoms. The molecule has 0 atom stereocenters. The molecule has 10 rings (SSSR count). The van der Waals surface area contributed by atoms with Gasteiger partial charge < -0.3 is 8.83 Å². The highest BCUT2D eigenvalue weighted by Crippen LogP contribution is 2.41. The van der Waals surface area contributed by atoms with Crippen LogP contribution in [-0.4, -0.2) is 15.0 Å². The molecule has 0 radical (unpaired) electrons. The fraction of sp³-hybridized carbons (Fsp3) is 0.0208. The van der Waals surface area contributed by atoms with Crippen molar-refractivity contribution in [2.75, 3.05) is 0 Å². The predicted molar refractivity (Wildman–Crippen MR) is 217 cm³/mol. The molecule has 10 aromatic rings. The quantitative estimate of drug-likeness (QED) is 0.163. The molecular formula is C48H31N3O2. The Balaban J connectivity index is 1.27. The number of fused-ring (bicyclic) bond motifs is 7. The van der Waals surface area contributed by atoms with E-state index in [-0.39, 0.29) is 0 Å². The summed E-state index contributed by atoms with van der Waals surface area (Å²) >= 11 is 0. The van der Waals surface area contributed by atoms with Crippen molar-refractivity contribution in [2.45, 2.75) is 6.92 Å².